The summed E-state index contributed by atoms with van der Waals surface area (Å²) in [6.07, 6.45) is 3.27. The molecule has 0 bridgehead atoms. The second kappa shape index (κ2) is 11.1. The Morgan fingerprint density at radius 1 is 1.00 bits per heavy atom. The van der Waals surface area contributed by atoms with E-state index in [2.05, 4.69) is 20.8 Å². The zero-order valence-electron chi connectivity index (χ0n) is 20.3. The number of tetrazole rings is 1. The molecular formula is C28H22ClN6O4+. The van der Waals surface area contributed by atoms with Crippen molar-refractivity contribution in [3.63, 3.8) is 0 Å². The van der Waals surface area contributed by atoms with Crippen LogP contribution in [0.15, 0.2) is 97.5 Å². The van der Waals surface area contributed by atoms with Crippen LogP contribution in [0.4, 0.5) is 5.69 Å². The quantitative estimate of drug-likeness (QED) is 0.198. The molecule has 0 fully saturated rings. The lowest BCUT2D eigenvalue weighted by Gasteiger charge is -2.15. The number of carbonyl (C=O) groups is 2. The fraction of sp³-hybridized carbons (Fsp3) is 0.0714. The van der Waals surface area contributed by atoms with Crippen LogP contribution in [0.25, 0.3) is 16.8 Å². The third-order valence-corrected chi connectivity index (χ3v) is 6.42. The Kier molecular flexibility index (Phi) is 7.28. The minimum atomic E-state index is -1.06. The van der Waals surface area contributed by atoms with Gasteiger partial charge in [0.1, 0.15) is 12.2 Å². The van der Waals surface area contributed by atoms with E-state index in [1.165, 1.54) is 41.5 Å². The monoisotopic (exact) mass is 541 g/mol. The highest BCUT2D eigenvalue weighted by Crippen LogP contribution is 2.30. The summed E-state index contributed by atoms with van der Waals surface area (Å²) in [5, 5.41) is 34.9. The smallest absolute Gasteiger partial charge is 0.335 e. The Balaban J connectivity index is 1.50. The molecule has 3 N–H and O–H groups in total. The predicted molar refractivity (Wildman–Crippen MR) is 142 cm³/mol. The maximum Gasteiger partial charge on any atom is 0.335 e. The molecule has 1 amide bonds. The molecule has 0 aliphatic carbocycles. The molecule has 0 unspecified atom stereocenters. The van der Waals surface area contributed by atoms with E-state index in [-0.39, 0.29) is 11.5 Å². The number of amides is 1. The fourth-order valence-corrected chi connectivity index (χ4v) is 4.43. The van der Waals surface area contributed by atoms with E-state index in [0.717, 1.165) is 10.3 Å². The highest BCUT2D eigenvalue weighted by Gasteiger charge is 2.31. The van der Waals surface area contributed by atoms with Crippen molar-refractivity contribution in [3.05, 3.63) is 119 Å². The zero-order chi connectivity index (χ0) is 27.4. The molecule has 1 atom stereocenters. The van der Waals surface area contributed by atoms with Gasteiger partial charge in [-0.3, -0.25) is 10.0 Å². The molecule has 0 aliphatic rings. The summed E-state index contributed by atoms with van der Waals surface area (Å²) in [6, 6.07) is 24.0. The van der Waals surface area contributed by atoms with Crippen molar-refractivity contribution >= 4 is 29.2 Å². The first-order valence-electron chi connectivity index (χ1n) is 11.9. The molecule has 39 heavy (non-hydrogen) atoms. The number of carboxylic acids is 1. The van der Waals surface area contributed by atoms with Crippen LogP contribution in [0, 0.1) is 0 Å². The minimum absolute atomic E-state index is 0.111. The summed E-state index contributed by atoms with van der Waals surface area (Å²) in [6.45, 7) is 0. The number of nitrogens with one attached hydrogen (secondary N) is 1. The van der Waals surface area contributed by atoms with Gasteiger partial charge in [-0.1, -0.05) is 41.9 Å². The van der Waals surface area contributed by atoms with Crippen LogP contribution < -0.4 is 10.0 Å². The molecule has 0 radical (unpaired) electrons. The summed E-state index contributed by atoms with van der Waals surface area (Å²) in [5.74, 6) is -2.20. The molecule has 11 heteroatoms. The zero-order valence-corrected chi connectivity index (χ0v) is 21.1. The normalized spacial score (nSPS) is 11.6. The minimum Gasteiger partial charge on any atom is -0.478 e. The Bertz CT molecular complexity index is 1630. The lowest BCUT2D eigenvalue weighted by Crippen LogP contribution is -2.40. The van der Waals surface area contributed by atoms with Crippen LogP contribution in [-0.4, -0.2) is 42.4 Å². The largest absolute Gasteiger partial charge is 0.478 e. The van der Waals surface area contributed by atoms with Crippen molar-refractivity contribution in [1.82, 2.24) is 20.2 Å². The number of halogens is 1. The third-order valence-electron chi connectivity index (χ3n) is 6.18. The number of rotatable bonds is 8. The second-order valence-electron chi connectivity index (χ2n) is 8.72. The molecule has 5 aromatic rings. The van der Waals surface area contributed by atoms with Gasteiger partial charge in [-0.2, -0.15) is 4.68 Å². The van der Waals surface area contributed by atoms with Gasteiger partial charge < -0.3 is 10.4 Å². The fourth-order valence-electron chi connectivity index (χ4n) is 4.25. The third kappa shape index (κ3) is 5.76. The van der Waals surface area contributed by atoms with Crippen LogP contribution in [0.2, 0.25) is 5.02 Å². The molecule has 2 heterocycles. The van der Waals surface area contributed by atoms with E-state index in [4.69, 9.17) is 16.7 Å². The molecule has 0 aliphatic heterocycles. The van der Waals surface area contributed by atoms with E-state index in [9.17, 15) is 14.8 Å². The molecule has 0 saturated carbocycles. The number of pyridine rings is 1. The Labute approximate surface area is 227 Å². The first-order chi connectivity index (χ1) is 18.9. The molecule has 0 spiro atoms. The summed E-state index contributed by atoms with van der Waals surface area (Å²) in [7, 11) is 0. The van der Waals surface area contributed by atoms with E-state index in [0.29, 0.717) is 39.6 Å². The maximum atomic E-state index is 13.5. The maximum absolute atomic E-state index is 13.5. The number of nitrogens with zero attached hydrogens (tertiary/aromatic N) is 5. The van der Waals surface area contributed by atoms with Gasteiger partial charge in [-0.05, 0) is 70.9 Å². The highest BCUT2D eigenvalue weighted by molar-refractivity contribution is 6.31. The lowest BCUT2D eigenvalue weighted by molar-refractivity contribution is -0.909. The number of aromatic nitrogens is 5. The van der Waals surface area contributed by atoms with Crippen molar-refractivity contribution in [2.45, 2.75) is 12.3 Å². The standard InChI is InChI=1S/C28H21ClN6O4/c29-21-9-13-25(34-17-30-32-33-34)23(15-21)20-8-12-26(35(39)16-20)24(14-18-4-2-1-3-5-18)27(36)31-22-10-6-19(7-11-22)28(37)38/h1-13,15-17,24H,14H2,(H2-,31,36,37,38,39)/p+1/t24-/m0/s1. The van der Waals surface area contributed by atoms with Crippen LogP contribution in [0.5, 0.6) is 0 Å². The SMILES string of the molecule is O=C(O)c1ccc(NC(=O)[C@@H](Cc2ccccc2)c2ccc(-c3cc(Cl)ccc3-n3cnnn3)c[n+]2O)cc1. The van der Waals surface area contributed by atoms with Gasteiger partial charge in [0.2, 0.25) is 17.8 Å². The van der Waals surface area contributed by atoms with Crippen LogP contribution in [0.1, 0.15) is 27.5 Å². The Morgan fingerprint density at radius 3 is 2.44 bits per heavy atom. The van der Waals surface area contributed by atoms with Crippen molar-refractivity contribution < 1.29 is 24.6 Å². The number of carboxylic acid groups (broad SMARTS) is 1. The topological polar surface area (TPSA) is 134 Å². The van der Waals surface area contributed by atoms with Crippen molar-refractivity contribution in [3.8, 4) is 16.8 Å². The summed E-state index contributed by atoms with van der Waals surface area (Å²) in [5.41, 5.74) is 3.76. The van der Waals surface area contributed by atoms with Gasteiger partial charge in [0, 0.05) is 27.1 Å². The first kappa shape index (κ1) is 25.6. The van der Waals surface area contributed by atoms with E-state index in [1.54, 1.807) is 30.3 Å². The van der Waals surface area contributed by atoms with Gasteiger partial charge >= 0.3 is 5.97 Å². The van der Waals surface area contributed by atoms with E-state index < -0.39 is 11.9 Å². The summed E-state index contributed by atoms with van der Waals surface area (Å²) < 4.78 is 2.42. The van der Waals surface area contributed by atoms with Crippen LogP contribution in [0.3, 0.4) is 0 Å². The average Bonchev–Trinajstić information content (AvgIpc) is 3.48. The number of aromatic carboxylic acids is 1. The number of hydrogen-bond donors (Lipinski definition) is 3. The molecule has 3 aromatic carbocycles. The summed E-state index contributed by atoms with van der Waals surface area (Å²) >= 11 is 6.27. The van der Waals surface area contributed by atoms with E-state index in [1.807, 2.05) is 30.3 Å². The Hall–Kier alpha value is -5.09. The molecule has 10 nitrogen and oxygen atoms in total. The predicted octanol–water partition coefficient (Wildman–Crippen LogP) is 4.17. The second-order valence-corrected chi connectivity index (χ2v) is 9.15. The number of benzene rings is 3. The average molecular weight is 542 g/mol. The molecule has 0 saturated heterocycles. The Morgan fingerprint density at radius 2 is 1.77 bits per heavy atom. The molecule has 2 aromatic heterocycles. The number of anilines is 1. The highest BCUT2D eigenvalue weighted by atomic mass is 35.5. The molecular weight excluding hydrogens is 520 g/mol. The van der Waals surface area contributed by atoms with Crippen LogP contribution >= 0.6 is 11.6 Å². The van der Waals surface area contributed by atoms with Gasteiger partial charge in [0.15, 0.2) is 0 Å². The van der Waals surface area contributed by atoms with Crippen LogP contribution in [-0.2, 0) is 11.2 Å². The van der Waals surface area contributed by atoms with Crippen molar-refractivity contribution in [2.24, 2.45) is 0 Å². The van der Waals surface area contributed by atoms with E-state index >= 15 is 0 Å². The lowest BCUT2D eigenvalue weighted by atomic mass is 9.93. The van der Waals surface area contributed by atoms with Gasteiger partial charge in [-0.25, -0.2) is 4.79 Å². The summed E-state index contributed by atoms with van der Waals surface area (Å²) in [4.78, 5) is 24.7. The van der Waals surface area contributed by atoms with Crippen molar-refractivity contribution in [1.29, 1.82) is 0 Å². The van der Waals surface area contributed by atoms with Crippen molar-refractivity contribution in [2.75, 3.05) is 5.32 Å². The molecule has 5 rings (SSSR count). The number of carbonyl (C=O) groups excluding carboxylic acids is 1. The number of hydrogen-bond acceptors (Lipinski definition) is 6. The van der Waals surface area contributed by atoms with Gasteiger partial charge in [0.25, 0.3) is 0 Å². The van der Waals surface area contributed by atoms with Gasteiger partial charge in [-0.15, -0.1) is 5.10 Å². The molecule has 194 valence electrons. The van der Waals surface area contributed by atoms with Gasteiger partial charge in [0.05, 0.1) is 16.8 Å². The first-order valence-corrected chi connectivity index (χ1v) is 12.2.